The average Bonchev–Trinajstić information content (AvgIpc) is 2.25. The molecule has 0 bridgehead atoms. The Morgan fingerprint density at radius 1 is 0.900 bits per heavy atom. The molecule has 0 amide bonds. The van der Waals surface area contributed by atoms with Gasteiger partial charge in [-0.3, -0.25) is 0 Å². The van der Waals surface area contributed by atoms with Crippen molar-refractivity contribution >= 4 is 15.9 Å². The van der Waals surface area contributed by atoms with E-state index in [-0.39, 0.29) is 5.56 Å². The van der Waals surface area contributed by atoms with Gasteiger partial charge in [-0.05, 0) is 49.6 Å². The van der Waals surface area contributed by atoms with Crippen molar-refractivity contribution in [3.8, 4) is 0 Å². The predicted octanol–water partition coefficient (Wildman–Crippen LogP) is 4.73. The smallest absolute Gasteiger partial charge is 0.133 e. The number of hydrogen-bond acceptors (Lipinski definition) is 1. The summed E-state index contributed by atoms with van der Waals surface area (Å²) in [4.78, 5) is 0. The summed E-state index contributed by atoms with van der Waals surface area (Å²) in [5, 5.41) is 10.4. The quantitative estimate of drug-likeness (QED) is 0.837. The normalized spacial score (nSPS) is 12.6. The summed E-state index contributed by atoms with van der Waals surface area (Å²) < 4.78 is 28.2. The summed E-state index contributed by atoms with van der Waals surface area (Å²) in [6.07, 6.45) is -1.32. The van der Waals surface area contributed by atoms with Gasteiger partial charge in [0.2, 0.25) is 0 Å². The number of benzene rings is 2. The summed E-state index contributed by atoms with van der Waals surface area (Å²) in [6.45, 7) is 5.59. The lowest BCUT2D eigenvalue weighted by atomic mass is 9.91. The van der Waals surface area contributed by atoms with Crippen LogP contribution in [0.15, 0.2) is 28.7 Å². The molecule has 1 N–H and O–H groups in total. The van der Waals surface area contributed by atoms with Crippen LogP contribution in [0, 0.1) is 32.4 Å². The molecule has 0 fully saturated rings. The van der Waals surface area contributed by atoms with Crippen molar-refractivity contribution in [1.82, 2.24) is 0 Å². The molecule has 0 aliphatic heterocycles. The number of halogens is 3. The molecule has 0 saturated carbocycles. The Kier molecular flexibility index (Phi) is 4.25. The van der Waals surface area contributed by atoms with Gasteiger partial charge in [0.05, 0.1) is 5.56 Å². The predicted molar refractivity (Wildman–Crippen MR) is 78.8 cm³/mol. The van der Waals surface area contributed by atoms with Crippen molar-refractivity contribution in [2.75, 3.05) is 0 Å². The summed E-state index contributed by atoms with van der Waals surface area (Å²) in [7, 11) is 0. The van der Waals surface area contributed by atoms with Gasteiger partial charge in [0, 0.05) is 4.47 Å². The molecular formula is C16H15BrF2O. The van der Waals surface area contributed by atoms with Gasteiger partial charge < -0.3 is 5.11 Å². The third-order valence-electron chi connectivity index (χ3n) is 3.33. The zero-order chi connectivity index (χ0) is 15.0. The zero-order valence-corrected chi connectivity index (χ0v) is 13.1. The van der Waals surface area contributed by atoms with E-state index in [4.69, 9.17) is 0 Å². The van der Waals surface area contributed by atoms with Gasteiger partial charge in [0.1, 0.15) is 17.7 Å². The van der Waals surface area contributed by atoms with Gasteiger partial charge in [-0.1, -0.05) is 33.6 Å². The Morgan fingerprint density at radius 3 is 1.80 bits per heavy atom. The zero-order valence-electron chi connectivity index (χ0n) is 11.5. The number of aryl methyl sites for hydroxylation is 3. The van der Waals surface area contributed by atoms with Crippen LogP contribution < -0.4 is 0 Å². The molecule has 0 heterocycles. The summed E-state index contributed by atoms with van der Waals surface area (Å²) >= 11 is 3.03. The van der Waals surface area contributed by atoms with Gasteiger partial charge in [-0.25, -0.2) is 8.78 Å². The van der Waals surface area contributed by atoms with Crippen LogP contribution in [0.25, 0.3) is 0 Å². The molecule has 0 spiro atoms. The number of hydrogen-bond donors (Lipinski definition) is 1. The SMILES string of the molecule is Cc1cc(C)c(C(O)c2c(F)cc(Br)cc2F)c(C)c1. The molecule has 4 heteroatoms. The maximum atomic E-state index is 14.0. The minimum absolute atomic E-state index is 0.306. The van der Waals surface area contributed by atoms with Crippen LogP contribution in [-0.4, -0.2) is 5.11 Å². The molecule has 2 aromatic carbocycles. The third kappa shape index (κ3) is 2.76. The largest absolute Gasteiger partial charge is 0.383 e. The van der Waals surface area contributed by atoms with Gasteiger partial charge >= 0.3 is 0 Å². The highest BCUT2D eigenvalue weighted by Crippen LogP contribution is 2.33. The van der Waals surface area contributed by atoms with Gasteiger partial charge in [-0.15, -0.1) is 0 Å². The van der Waals surface area contributed by atoms with Crippen LogP contribution in [0.4, 0.5) is 8.78 Å². The number of rotatable bonds is 2. The maximum Gasteiger partial charge on any atom is 0.133 e. The van der Waals surface area contributed by atoms with E-state index in [2.05, 4.69) is 15.9 Å². The van der Waals surface area contributed by atoms with Crippen molar-refractivity contribution in [2.45, 2.75) is 26.9 Å². The third-order valence-corrected chi connectivity index (χ3v) is 3.79. The first-order valence-corrected chi connectivity index (χ1v) is 7.00. The lowest BCUT2D eigenvalue weighted by Gasteiger charge is -2.19. The molecule has 1 nitrogen and oxygen atoms in total. The van der Waals surface area contributed by atoms with Crippen LogP contribution in [0.5, 0.6) is 0 Å². The van der Waals surface area contributed by atoms with Crippen molar-refractivity contribution in [2.24, 2.45) is 0 Å². The highest BCUT2D eigenvalue weighted by Gasteiger charge is 2.23. The van der Waals surface area contributed by atoms with Gasteiger partial charge in [0.25, 0.3) is 0 Å². The van der Waals surface area contributed by atoms with E-state index in [9.17, 15) is 13.9 Å². The van der Waals surface area contributed by atoms with E-state index in [1.54, 1.807) is 0 Å². The molecule has 0 aliphatic carbocycles. The summed E-state index contributed by atoms with van der Waals surface area (Å²) in [5.41, 5.74) is 2.92. The van der Waals surface area contributed by atoms with E-state index >= 15 is 0 Å². The molecule has 0 radical (unpaired) electrons. The average molecular weight is 341 g/mol. The second-order valence-corrected chi connectivity index (χ2v) is 5.91. The molecule has 0 aromatic heterocycles. The van der Waals surface area contributed by atoms with Crippen molar-refractivity contribution in [3.63, 3.8) is 0 Å². The molecule has 0 aliphatic rings. The van der Waals surface area contributed by atoms with Gasteiger partial charge in [-0.2, -0.15) is 0 Å². The van der Waals surface area contributed by atoms with Crippen LogP contribution in [0.2, 0.25) is 0 Å². The highest BCUT2D eigenvalue weighted by atomic mass is 79.9. The lowest BCUT2D eigenvalue weighted by molar-refractivity contribution is 0.207. The van der Waals surface area contributed by atoms with Crippen molar-refractivity contribution in [1.29, 1.82) is 0 Å². The topological polar surface area (TPSA) is 20.2 Å². The summed E-state index contributed by atoms with van der Waals surface area (Å²) in [6, 6.07) is 6.08. The maximum absolute atomic E-state index is 14.0. The van der Waals surface area contributed by atoms with Crippen molar-refractivity contribution in [3.05, 3.63) is 68.2 Å². The summed E-state index contributed by atoms with van der Waals surface area (Å²) in [5.74, 6) is -1.52. The lowest BCUT2D eigenvalue weighted by Crippen LogP contribution is -2.09. The van der Waals surface area contributed by atoms with E-state index in [1.807, 2.05) is 32.9 Å². The van der Waals surface area contributed by atoms with E-state index < -0.39 is 17.7 Å². The molecule has 2 rings (SSSR count). The fourth-order valence-electron chi connectivity index (χ4n) is 2.58. The first-order chi connectivity index (χ1) is 9.31. The molecule has 1 atom stereocenters. The Balaban J connectivity index is 2.61. The van der Waals surface area contributed by atoms with E-state index in [0.29, 0.717) is 10.0 Å². The van der Waals surface area contributed by atoms with Crippen LogP contribution in [-0.2, 0) is 0 Å². The number of aliphatic hydroxyl groups excluding tert-OH is 1. The van der Waals surface area contributed by atoms with Crippen LogP contribution in [0.1, 0.15) is 33.9 Å². The fourth-order valence-corrected chi connectivity index (χ4v) is 2.98. The van der Waals surface area contributed by atoms with Gasteiger partial charge in [0.15, 0.2) is 0 Å². The molecule has 1 unspecified atom stereocenters. The van der Waals surface area contributed by atoms with Crippen LogP contribution >= 0.6 is 15.9 Å². The minimum atomic E-state index is -1.32. The molecule has 0 saturated heterocycles. The van der Waals surface area contributed by atoms with Crippen molar-refractivity contribution < 1.29 is 13.9 Å². The first-order valence-electron chi connectivity index (χ1n) is 6.21. The molecule has 20 heavy (non-hydrogen) atoms. The molecule has 106 valence electrons. The Labute approximate surface area is 125 Å². The van der Waals surface area contributed by atoms with E-state index in [1.165, 1.54) is 0 Å². The second kappa shape index (κ2) is 5.62. The fraction of sp³-hybridized carbons (Fsp3) is 0.250. The number of aliphatic hydroxyl groups is 1. The monoisotopic (exact) mass is 340 g/mol. The molecular weight excluding hydrogens is 326 g/mol. The standard InChI is InChI=1S/C16H15BrF2O/c1-8-4-9(2)14(10(3)5-8)16(20)15-12(18)6-11(17)7-13(15)19/h4-7,16,20H,1-3H3. The Morgan fingerprint density at radius 2 is 1.35 bits per heavy atom. The van der Waals surface area contributed by atoms with Crippen LogP contribution in [0.3, 0.4) is 0 Å². The van der Waals surface area contributed by atoms with E-state index in [0.717, 1.165) is 28.8 Å². The molecule has 2 aromatic rings. The Hall–Kier alpha value is -1.26. The minimum Gasteiger partial charge on any atom is -0.383 e. The first kappa shape index (κ1) is 15.1. The Bertz CT molecular complexity index is 564. The highest BCUT2D eigenvalue weighted by molar-refractivity contribution is 9.10. The second-order valence-electron chi connectivity index (χ2n) is 5.00.